The average molecular weight is 603 g/mol. The number of imidazole rings is 1. The molecule has 1 aliphatic rings. The summed E-state index contributed by atoms with van der Waals surface area (Å²) in [5, 5.41) is 34.9. The quantitative estimate of drug-likeness (QED) is 0.187. The van der Waals surface area contributed by atoms with Gasteiger partial charge in [0.05, 0.1) is 19.2 Å². The summed E-state index contributed by atoms with van der Waals surface area (Å²) >= 11 is 0. The lowest BCUT2D eigenvalue weighted by Gasteiger charge is -2.45. The Labute approximate surface area is 250 Å². The number of halogens is 1. The smallest absolute Gasteiger partial charge is 0.336 e. The minimum Gasteiger partial charge on any atom is -0.481 e. The van der Waals surface area contributed by atoms with Crippen LogP contribution in [0, 0.1) is 5.82 Å². The Balaban J connectivity index is 0.000000331. The highest BCUT2D eigenvalue weighted by Crippen LogP contribution is 2.44. The number of hydrogen-bond acceptors (Lipinski definition) is 6. The lowest BCUT2D eigenvalue weighted by Crippen LogP contribution is -2.46. The number of carboxylic acids is 3. The minimum absolute atomic E-state index is 0.160. The van der Waals surface area contributed by atoms with Crippen LogP contribution in [0.2, 0.25) is 0 Å². The highest BCUT2D eigenvalue weighted by Gasteiger charge is 2.41. The number of aryl methyl sites for hydroxylation is 2. The van der Waals surface area contributed by atoms with Gasteiger partial charge in [-0.15, -0.1) is 0 Å². The van der Waals surface area contributed by atoms with Crippen LogP contribution in [0.5, 0.6) is 0 Å². The van der Waals surface area contributed by atoms with Gasteiger partial charge in [-0.2, -0.15) is 0 Å². The molecule has 11 nitrogen and oxygen atoms in total. The van der Waals surface area contributed by atoms with E-state index >= 15 is 0 Å². The topological polar surface area (TPSA) is 169 Å². The van der Waals surface area contributed by atoms with Crippen LogP contribution in [0.15, 0.2) is 36.9 Å². The molecule has 0 radical (unpaired) electrons. The molecule has 0 bridgehead atoms. The van der Waals surface area contributed by atoms with Crippen molar-refractivity contribution in [1.29, 1.82) is 0 Å². The summed E-state index contributed by atoms with van der Waals surface area (Å²) in [6.45, 7) is 3.15. The molecule has 2 heterocycles. The number of aromatic nitrogens is 3. The van der Waals surface area contributed by atoms with E-state index in [-0.39, 0.29) is 5.82 Å². The zero-order valence-electron chi connectivity index (χ0n) is 25.1. The summed E-state index contributed by atoms with van der Waals surface area (Å²) in [7, 11) is 4.50. The zero-order chi connectivity index (χ0) is 31.8. The standard InChI is InChI=1S/C25H35FN4.C6H8O7/c1-4-5-11-25(29(2)3)12-8-19(9-13-25)24-21(10-15-30-16-14-27-18-30)22-17-20(26)6-7-23(22)28-24;7-3(8)1-6(13,5(11)12)2-4(9)10/h6-7,14,16-19,28H,4-5,8-13,15H2,1-3H3;13H,1-2H2,(H,7,8)(H,9,10)(H,11,12). The van der Waals surface area contributed by atoms with Crippen molar-refractivity contribution in [1.82, 2.24) is 19.4 Å². The predicted octanol–water partition coefficient (Wildman–Crippen LogP) is 4.65. The molecule has 1 saturated carbocycles. The Bertz CT molecular complexity index is 1360. The van der Waals surface area contributed by atoms with E-state index in [9.17, 15) is 18.8 Å². The van der Waals surface area contributed by atoms with Crippen LogP contribution in [0.4, 0.5) is 4.39 Å². The fourth-order valence-electron chi connectivity index (χ4n) is 6.10. The maximum Gasteiger partial charge on any atom is 0.336 e. The van der Waals surface area contributed by atoms with Gasteiger partial charge in [0.25, 0.3) is 0 Å². The van der Waals surface area contributed by atoms with E-state index in [0.717, 1.165) is 23.9 Å². The molecule has 0 aliphatic heterocycles. The Morgan fingerprint density at radius 2 is 1.79 bits per heavy atom. The van der Waals surface area contributed by atoms with Gasteiger partial charge < -0.3 is 34.9 Å². The first-order valence-corrected chi connectivity index (χ1v) is 14.6. The Hall–Kier alpha value is -3.77. The predicted molar refractivity (Wildman–Crippen MR) is 158 cm³/mol. The highest BCUT2D eigenvalue weighted by molar-refractivity contribution is 5.88. The van der Waals surface area contributed by atoms with E-state index in [2.05, 4.69) is 40.5 Å². The van der Waals surface area contributed by atoms with Crippen LogP contribution in [0.25, 0.3) is 10.9 Å². The molecule has 2 aromatic heterocycles. The molecule has 0 spiro atoms. The summed E-state index contributed by atoms with van der Waals surface area (Å²) < 4.78 is 16.2. The number of rotatable bonds is 13. The average Bonchev–Trinajstić information content (AvgIpc) is 3.58. The first-order valence-electron chi connectivity index (χ1n) is 14.6. The number of aliphatic carboxylic acids is 3. The van der Waals surface area contributed by atoms with Gasteiger partial charge in [0.1, 0.15) is 5.82 Å². The molecule has 0 atom stereocenters. The van der Waals surface area contributed by atoms with Gasteiger partial charge in [-0.3, -0.25) is 9.59 Å². The number of H-pyrrole nitrogens is 1. The number of carbonyl (C=O) groups is 3. The van der Waals surface area contributed by atoms with Gasteiger partial charge in [0.15, 0.2) is 5.60 Å². The van der Waals surface area contributed by atoms with E-state index < -0.39 is 36.4 Å². The van der Waals surface area contributed by atoms with Gasteiger partial charge in [-0.05, 0) is 82.3 Å². The van der Waals surface area contributed by atoms with Crippen molar-refractivity contribution in [3.05, 3.63) is 54.0 Å². The van der Waals surface area contributed by atoms with Crippen LogP contribution in [-0.4, -0.2) is 83.0 Å². The van der Waals surface area contributed by atoms with Crippen molar-refractivity contribution in [2.24, 2.45) is 0 Å². The third-order valence-corrected chi connectivity index (χ3v) is 8.63. The molecule has 5 N–H and O–H groups in total. The van der Waals surface area contributed by atoms with E-state index in [1.165, 1.54) is 56.2 Å². The SMILES string of the molecule is CCCCC1(N(C)C)CCC(c2[nH]c3ccc(F)cc3c2CCn2ccnc2)CC1.O=C(O)CC(O)(CC(=O)O)C(=O)O. The second-order valence-corrected chi connectivity index (χ2v) is 11.7. The van der Waals surface area contributed by atoms with Gasteiger partial charge in [-0.25, -0.2) is 14.2 Å². The second kappa shape index (κ2) is 14.6. The van der Waals surface area contributed by atoms with Crippen LogP contribution in [0.1, 0.15) is 81.9 Å². The Kier molecular flexibility index (Phi) is 11.5. The van der Waals surface area contributed by atoms with Crippen molar-refractivity contribution in [2.45, 2.75) is 94.7 Å². The summed E-state index contributed by atoms with van der Waals surface area (Å²) in [4.78, 5) is 40.8. The van der Waals surface area contributed by atoms with E-state index in [1.807, 2.05) is 24.8 Å². The van der Waals surface area contributed by atoms with Crippen molar-refractivity contribution in [3.8, 4) is 0 Å². The molecule has 43 heavy (non-hydrogen) atoms. The molecule has 1 aromatic carbocycles. The second-order valence-electron chi connectivity index (χ2n) is 11.7. The molecule has 0 amide bonds. The summed E-state index contributed by atoms with van der Waals surface area (Å²) in [6, 6.07) is 5.15. The largest absolute Gasteiger partial charge is 0.481 e. The Morgan fingerprint density at radius 3 is 2.30 bits per heavy atom. The van der Waals surface area contributed by atoms with Crippen molar-refractivity contribution >= 4 is 28.8 Å². The minimum atomic E-state index is -2.74. The number of carboxylic acid groups (broad SMARTS) is 3. The highest BCUT2D eigenvalue weighted by atomic mass is 19.1. The number of nitrogens with one attached hydrogen (secondary N) is 1. The molecule has 0 saturated heterocycles. The Morgan fingerprint density at radius 1 is 1.14 bits per heavy atom. The van der Waals surface area contributed by atoms with Gasteiger partial charge in [0.2, 0.25) is 0 Å². The first kappa shape index (κ1) is 33.7. The summed E-state index contributed by atoms with van der Waals surface area (Å²) in [5.41, 5.74) is 1.27. The van der Waals surface area contributed by atoms with Gasteiger partial charge in [0, 0.05) is 41.1 Å². The first-order chi connectivity index (χ1) is 20.3. The molecule has 4 rings (SSSR count). The van der Waals surface area contributed by atoms with E-state index in [1.54, 1.807) is 12.1 Å². The molecule has 12 heteroatoms. The van der Waals surface area contributed by atoms with Crippen molar-refractivity contribution < 1.29 is 39.2 Å². The molecular formula is C31H43FN4O7. The number of aliphatic hydroxyl groups is 1. The van der Waals surface area contributed by atoms with Crippen LogP contribution < -0.4 is 0 Å². The molecule has 3 aromatic rings. The molecule has 1 fully saturated rings. The molecule has 1 aliphatic carbocycles. The number of nitrogens with zero attached hydrogens (tertiary/aromatic N) is 3. The summed E-state index contributed by atoms with van der Waals surface area (Å²) in [5.74, 6) is -4.66. The van der Waals surface area contributed by atoms with Gasteiger partial charge >= 0.3 is 17.9 Å². The summed E-state index contributed by atoms with van der Waals surface area (Å²) in [6.07, 6.45) is 12.9. The number of benzene rings is 1. The molecule has 0 unspecified atom stereocenters. The lowest BCUT2D eigenvalue weighted by molar-refractivity contribution is -0.170. The normalized spacial score (nSPS) is 18.8. The van der Waals surface area contributed by atoms with E-state index in [4.69, 9.17) is 20.4 Å². The van der Waals surface area contributed by atoms with Crippen LogP contribution in [0.3, 0.4) is 0 Å². The number of unbranched alkanes of at least 4 members (excludes halogenated alkanes) is 1. The number of aromatic amines is 1. The van der Waals surface area contributed by atoms with Crippen molar-refractivity contribution in [2.75, 3.05) is 14.1 Å². The maximum atomic E-state index is 14.1. The third-order valence-electron chi connectivity index (χ3n) is 8.63. The van der Waals surface area contributed by atoms with Crippen molar-refractivity contribution in [3.63, 3.8) is 0 Å². The number of fused-ring (bicyclic) bond motifs is 1. The zero-order valence-corrected chi connectivity index (χ0v) is 25.1. The number of hydrogen-bond donors (Lipinski definition) is 5. The van der Waals surface area contributed by atoms with Crippen LogP contribution >= 0.6 is 0 Å². The lowest BCUT2D eigenvalue weighted by atomic mass is 9.72. The fourth-order valence-corrected chi connectivity index (χ4v) is 6.10. The fraction of sp³-hybridized carbons (Fsp3) is 0.548. The maximum absolute atomic E-state index is 14.1. The molecular weight excluding hydrogens is 559 g/mol. The van der Waals surface area contributed by atoms with Crippen LogP contribution in [-0.2, 0) is 27.3 Å². The van der Waals surface area contributed by atoms with E-state index in [0.29, 0.717) is 11.5 Å². The third kappa shape index (κ3) is 8.64. The van der Waals surface area contributed by atoms with Gasteiger partial charge in [-0.1, -0.05) is 19.8 Å². The molecule has 236 valence electrons. The monoisotopic (exact) mass is 602 g/mol.